The molecule has 0 aromatic heterocycles. The van der Waals surface area contributed by atoms with Crippen molar-refractivity contribution in [1.29, 1.82) is 0 Å². The standard InChI is InChI=1S/C8H14N2OS/c1-6(2)11-10-8(5-12-9-10)7-3-4-7/h5-7,9H,3-4H2,1-2H3. The van der Waals surface area contributed by atoms with Crippen LogP contribution in [0.3, 0.4) is 0 Å². The van der Waals surface area contributed by atoms with Gasteiger partial charge in [-0.25, -0.2) is 0 Å². The maximum absolute atomic E-state index is 5.56. The van der Waals surface area contributed by atoms with Crippen molar-refractivity contribution in [3.63, 3.8) is 0 Å². The van der Waals surface area contributed by atoms with Gasteiger partial charge in [0.05, 0.1) is 11.8 Å². The zero-order valence-electron chi connectivity index (χ0n) is 7.41. The molecule has 0 unspecified atom stereocenters. The maximum Gasteiger partial charge on any atom is 0.0818 e. The van der Waals surface area contributed by atoms with Gasteiger partial charge in [-0.3, -0.25) is 4.84 Å². The van der Waals surface area contributed by atoms with E-state index in [1.807, 2.05) is 19.0 Å². The Balaban J connectivity index is 1.92. The molecule has 1 fully saturated rings. The number of nitrogens with zero attached hydrogens (tertiary/aromatic N) is 1. The maximum atomic E-state index is 5.56. The largest absolute Gasteiger partial charge is 0.255 e. The fourth-order valence-corrected chi connectivity index (χ4v) is 1.88. The summed E-state index contributed by atoms with van der Waals surface area (Å²) < 4.78 is 0. The molecule has 1 N–H and O–H groups in total. The molecule has 0 saturated heterocycles. The summed E-state index contributed by atoms with van der Waals surface area (Å²) >= 11 is 1.59. The SMILES string of the molecule is CC(C)ON1NSC=C1C1CC1. The molecule has 0 aromatic carbocycles. The van der Waals surface area contributed by atoms with Gasteiger partial charge in [0.25, 0.3) is 0 Å². The van der Waals surface area contributed by atoms with Gasteiger partial charge < -0.3 is 0 Å². The molecule has 68 valence electrons. The molecule has 12 heavy (non-hydrogen) atoms. The van der Waals surface area contributed by atoms with Crippen molar-refractivity contribution in [3.05, 3.63) is 11.1 Å². The van der Waals surface area contributed by atoms with Crippen LogP contribution in [0, 0.1) is 5.92 Å². The molecule has 0 radical (unpaired) electrons. The van der Waals surface area contributed by atoms with Crippen molar-refractivity contribution in [2.45, 2.75) is 32.8 Å². The van der Waals surface area contributed by atoms with Crippen LogP contribution in [0.25, 0.3) is 0 Å². The molecule has 1 saturated carbocycles. The fourth-order valence-electron chi connectivity index (χ4n) is 1.17. The Bertz CT molecular complexity index is 201. The molecule has 1 aliphatic heterocycles. The van der Waals surface area contributed by atoms with Gasteiger partial charge in [-0.15, -0.1) is 4.83 Å². The van der Waals surface area contributed by atoms with E-state index in [2.05, 4.69) is 10.2 Å². The summed E-state index contributed by atoms with van der Waals surface area (Å²) in [5.74, 6) is 0.742. The topological polar surface area (TPSA) is 24.5 Å². The summed E-state index contributed by atoms with van der Waals surface area (Å²) in [6, 6.07) is 0. The average Bonchev–Trinajstić information content (AvgIpc) is 2.73. The van der Waals surface area contributed by atoms with Crippen molar-refractivity contribution in [1.82, 2.24) is 10.0 Å². The second-order valence-electron chi connectivity index (χ2n) is 3.47. The predicted octanol–water partition coefficient (Wildman–Crippen LogP) is 2.05. The van der Waals surface area contributed by atoms with E-state index in [0.29, 0.717) is 0 Å². The van der Waals surface area contributed by atoms with Gasteiger partial charge in [0, 0.05) is 11.3 Å². The predicted molar refractivity (Wildman–Crippen MR) is 49.6 cm³/mol. The Morgan fingerprint density at radius 3 is 3.00 bits per heavy atom. The van der Waals surface area contributed by atoms with Crippen LogP contribution in [0.1, 0.15) is 26.7 Å². The number of nitrogens with one attached hydrogen (secondary N) is 1. The Kier molecular flexibility index (Phi) is 2.30. The van der Waals surface area contributed by atoms with Crippen LogP contribution in [0.5, 0.6) is 0 Å². The zero-order chi connectivity index (χ0) is 8.55. The van der Waals surface area contributed by atoms with E-state index in [-0.39, 0.29) is 6.10 Å². The molecule has 0 bridgehead atoms. The molecule has 0 amide bonds. The highest BCUT2D eigenvalue weighted by Crippen LogP contribution is 2.41. The highest BCUT2D eigenvalue weighted by Gasteiger charge is 2.33. The second kappa shape index (κ2) is 3.28. The molecule has 2 rings (SSSR count). The minimum Gasteiger partial charge on any atom is -0.255 e. The first kappa shape index (κ1) is 8.41. The third-order valence-corrected chi connectivity index (χ3v) is 2.49. The van der Waals surface area contributed by atoms with Crippen LogP contribution in [0.2, 0.25) is 0 Å². The lowest BCUT2D eigenvalue weighted by Gasteiger charge is -2.22. The minimum absolute atomic E-state index is 0.235. The molecule has 0 aromatic rings. The lowest BCUT2D eigenvalue weighted by molar-refractivity contribution is -0.177. The lowest BCUT2D eigenvalue weighted by atomic mass is 10.3. The molecule has 0 atom stereocenters. The smallest absolute Gasteiger partial charge is 0.0818 e. The van der Waals surface area contributed by atoms with Crippen LogP contribution in [-0.2, 0) is 4.84 Å². The minimum atomic E-state index is 0.235. The van der Waals surface area contributed by atoms with Crippen LogP contribution < -0.4 is 4.83 Å². The molecular weight excluding hydrogens is 172 g/mol. The van der Waals surface area contributed by atoms with E-state index in [0.717, 1.165) is 5.92 Å². The van der Waals surface area contributed by atoms with E-state index in [1.54, 1.807) is 11.9 Å². The molecule has 1 aliphatic carbocycles. The van der Waals surface area contributed by atoms with Crippen LogP contribution in [-0.4, -0.2) is 11.3 Å². The molecule has 2 aliphatic rings. The third kappa shape index (κ3) is 1.76. The van der Waals surface area contributed by atoms with Crippen LogP contribution in [0.15, 0.2) is 11.1 Å². The van der Waals surface area contributed by atoms with Gasteiger partial charge in [-0.2, -0.15) is 5.17 Å². The van der Waals surface area contributed by atoms with E-state index in [1.165, 1.54) is 18.5 Å². The monoisotopic (exact) mass is 186 g/mol. The summed E-state index contributed by atoms with van der Waals surface area (Å²) in [7, 11) is 0. The van der Waals surface area contributed by atoms with Crippen molar-refractivity contribution < 1.29 is 4.84 Å². The van der Waals surface area contributed by atoms with E-state index in [4.69, 9.17) is 4.84 Å². The summed E-state index contributed by atoms with van der Waals surface area (Å²) in [4.78, 5) is 8.65. The zero-order valence-corrected chi connectivity index (χ0v) is 8.23. The Morgan fingerprint density at radius 1 is 1.67 bits per heavy atom. The molecule has 3 nitrogen and oxygen atoms in total. The summed E-state index contributed by atoms with van der Waals surface area (Å²) in [5, 5.41) is 3.95. The first-order chi connectivity index (χ1) is 5.77. The van der Waals surface area contributed by atoms with Crippen molar-refractivity contribution >= 4 is 11.9 Å². The van der Waals surface area contributed by atoms with E-state index < -0.39 is 0 Å². The van der Waals surface area contributed by atoms with Gasteiger partial charge in [0.1, 0.15) is 0 Å². The average molecular weight is 186 g/mol. The summed E-state index contributed by atoms with van der Waals surface area (Å²) in [6.45, 7) is 4.07. The summed E-state index contributed by atoms with van der Waals surface area (Å²) in [6.07, 6.45) is 2.86. The summed E-state index contributed by atoms with van der Waals surface area (Å²) in [5.41, 5.74) is 1.30. The van der Waals surface area contributed by atoms with Crippen molar-refractivity contribution in [3.8, 4) is 0 Å². The van der Waals surface area contributed by atoms with Gasteiger partial charge in [0.15, 0.2) is 0 Å². The number of allylic oxidation sites excluding steroid dienone is 1. The third-order valence-electron chi connectivity index (χ3n) is 1.86. The number of hydrogen-bond donors (Lipinski definition) is 1. The van der Waals surface area contributed by atoms with E-state index >= 15 is 0 Å². The first-order valence-electron chi connectivity index (χ1n) is 4.35. The normalized spacial score (nSPS) is 23.6. The second-order valence-corrected chi connectivity index (χ2v) is 4.13. The molecule has 1 heterocycles. The molecular formula is C8H14N2OS. The fraction of sp³-hybridized carbons (Fsp3) is 0.750. The van der Waals surface area contributed by atoms with Gasteiger partial charge >= 0.3 is 0 Å². The van der Waals surface area contributed by atoms with Crippen LogP contribution >= 0.6 is 11.9 Å². The van der Waals surface area contributed by atoms with Crippen molar-refractivity contribution in [2.75, 3.05) is 0 Å². The first-order valence-corrected chi connectivity index (χ1v) is 5.23. The lowest BCUT2D eigenvalue weighted by Crippen LogP contribution is -2.32. The molecule has 4 heteroatoms. The number of rotatable bonds is 3. The quantitative estimate of drug-likeness (QED) is 0.682. The van der Waals surface area contributed by atoms with Gasteiger partial charge in [-0.05, 0) is 38.6 Å². The van der Waals surface area contributed by atoms with Gasteiger partial charge in [-0.1, -0.05) is 0 Å². The Morgan fingerprint density at radius 2 is 2.42 bits per heavy atom. The number of hydrogen-bond acceptors (Lipinski definition) is 4. The highest BCUT2D eigenvalue weighted by molar-refractivity contribution is 8.00. The van der Waals surface area contributed by atoms with Crippen LogP contribution in [0.4, 0.5) is 0 Å². The molecule has 0 spiro atoms. The number of hydrazine groups is 1. The number of hydroxylamine groups is 1. The van der Waals surface area contributed by atoms with Crippen molar-refractivity contribution in [2.24, 2.45) is 5.92 Å². The van der Waals surface area contributed by atoms with Gasteiger partial charge in [0.2, 0.25) is 0 Å². The Hall–Kier alpha value is -0.190. The Labute approximate surface area is 77.2 Å². The highest BCUT2D eigenvalue weighted by atomic mass is 32.2. The van der Waals surface area contributed by atoms with E-state index in [9.17, 15) is 0 Å².